The number of nitrogens with one attached hydrogen (secondary N) is 1. The smallest absolute Gasteiger partial charge is 0.0544 e. The molecule has 1 aliphatic rings. The molecule has 20 heavy (non-hydrogen) atoms. The number of likely N-dealkylation sites (N-methyl/N-ethyl adjacent to an activating group) is 2. The van der Waals surface area contributed by atoms with Crippen LogP contribution in [0.15, 0.2) is 24.4 Å². The van der Waals surface area contributed by atoms with Crippen LogP contribution in [-0.2, 0) is 6.54 Å². The molecule has 1 aromatic rings. The van der Waals surface area contributed by atoms with Gasteiger partial charge in [-0.05, 0) is 50.4 Å². The van der Waals surface area contributed by atoms with E-state index >= 15 is 0 Å². The minimum absolute atomic E-state index is 0.454. The molecule has 1 saturated carbocycles. The van der Waals surface area contributed by atoms with E-state index in [4.69, 9.17) is 0 Å². The summed E-state index contributed by atoms with van der Waals surface area (Å²) in [4.78, 5) is 7.07. The van der Waals surface area contributed by atoms with E-state index in [1.54, 1.807) is 0 Å². The Bertz CT molecular complexity index is 402. The molecular formula is C17H29N3. The predicted molar refractivity (Wildman–Crippen MR) is 84.6 cm³/mol. The van der Waals surface area contributed by atoms with E-state index in [0.717, 1.165) is 13.1 Å². The van der Waals surface area contributed by atoms with E-state index < -0.39 is 0 Å². The van der Waals surface area contributed by atoms with Gasteiger partial charge in [-0.2, -0.15) is 0 Å². The van der Waals surface area contributed by atoms with E-state index in [-0.39, 0.29) is 0 Å². The molecule has 2 atom stereocenters. The molecule has 2 rings (SSSR count). The fourth-order valence-electron chi connectivity index (χ4n) is 3.43. The van der Waals surface area contributed by atoms with Crippen LogP contribution < -0.4 is 5.32 Å². The van der Waals surface area contributed by atoms with Crippen molar-refractivity contribution in [2.75, 3.05) is 13.6 Å². The Hall–Kier alpha value is -0.930. The van der Waals surface area contributed by atoms with Gasteiger partial charge in [0, 0.05) is 24.8 Å². The van der Waals surface area contributed by atoms with Gasteiger partial charge in [0.2, 0.25) is 0 Å². The third-order valence-electron chi connectivity index (χ3n) is 4.70. The van der Waals surface area contributed by atoms with E-state index in [9.17, 15) is 0 Å². The fraction of sp³-hybridized carbons (Fsp3) is 0.706. The first-order chi connectivity index (χ1) is 9.55. The van der Waals surface area contributed by atoms with Crippen LogP contribution in [0.4, 0.5) is 0 Å². The molecule has 1 N–H and O–H groups in total. The highest BCUT2D eigenvalue weighted by Gasteiger charge is 2.36. The summed E-state index contributed by atoms with van der Waals surface area (Å²) in [6.07, 6.45) is 5.74. The van der Waals surface area contributed by atoms with Gasteiger partial charge in [-0.15, -0.1) is 0 Å². The van der Waals surface area contributed by atoms with Gasteiger partial charge in [-0.3, -0.25) is 9.88 Å². The first-order valence-corrected chi connectivity index (χ1v) is 7.87. The van der Waals surface area contributed by atoms with Crippen molar-refractivity contribution in [1.82, 2.24) is 15.2 Å². The lowest BCUT2D eigenvalue weighted by Crippen LogP contribution is -2.53. The normalized spacial score (nSPS) is 25.9. The number of hydrogen-bond donors (Lipinski definition) is 1. The lowest BCUT2D eigenvalue weighted by atomic mass is 9.72. The quantitative estimate of drug-likeness (QED) is 0.895. The molecule has 0 aliphatic heterocycles. The highest BCUT2D eigenvalue weighted by atomic mass is 15.2. The molecule has 1 heterocycles. The van der Waals surface area contributed by atoms with Gasteiger partial charge in [0.15, 0.2) is 0 Å². The topological polar surface area (TPSA) is 28.2 Å². The molecule has 0 radical (unpaired) electrons. The summed E-state index contributed by atoms with van der Waals surface area (Å²) in [5.74, 6) is 0. The number of hydrogen-bond acceptors (Lipinski definition) is 3. The average Bonchev–Trinajstić information content (AvgIpc) is 2.45. The number of rotatable bonds is 5. The summed E-state index contributed by atoms with van der Waals surface area (Å²) < 4.78 is 0. The second-order valence-electron chi connectivity index (χ2n) is 6.75. The number of pyridine rings is 1. The molecule has 0 bridgehead atoms. The lowest BCUT2D eigenvalue weighted by Gasteiger charge is -2.45. The largest absolute Gasteiger partial charge is 0.315 e. The number of aromatic nitrogens is 1. The zero-order valence-electron chi connectivity index (χ0n) is 13.4. The van der Waals surface area contributed by atoms with Gasteiger partial charge in [0.05, 0.1) is 5.69 Å². The molecule has 112 valence electrons. The van der Waals surface area contributed by atoms with Crippen LogP contribution in [0.3, 0.4) is 0 Å². The van der Waals surface area contributed by atoms with Gasteiger partial charge in [0.1, 0.15) is 0 Å². The van der Waals surface area contributed by atoms with Gasteiger partial charge in [-0.1, -0.05) is 26.8 Å². The fourth-order valence-corrected chi connectivity index (χ4v) is 3.43. The van der Waals surface area contributed by atoms with Gasteiger partial charge < -0.3 is 5.32 Å². The highest BCUT2D eigenvalue weighted by Crippen LogP contribution is 2.37. The highest BCUT2D eigenvalue weighted by molar-refractivity contribution is 5.04. The zero-order valence-corrected chi connectivity index (χ0v) is 13.4. The summed E-state index contributed by atoms with van der Waals surface area (Å²) in [6.45, 7) is 9.10. The van der Waals surface area contributed by atoms with Crippen molar-refractivity contribution in [3.8, 4) is 0 Å². The summed E-state index contributed by atoms with van der Waals surface area (Å²) >= 11 is 0. The van der Waals surface area contributed by atoms with E-state index in [2.05, 4.69) is 55.2 Å². The van der Waals surface area contributed by atoms with Crippen molar-refractivity contribution in [1.29, 1.82) is 0 Å². The van der Waals surface area contributed by atoms with Gasteiger partial charge >= 0.3 is 0 Å². The minimum atomic E-state index is 0.454. The second-order valence-corrected chi connectivity index (χ2v) is 6.75. The molecule has 1 aromatic heterocycles. The molecule has 3 heteroatoms. The molecular weight excluding hydrogens is 246 g/mol. The summed E-state index contributed by atoms with van der Waals surface area (Å²) in [5, 5.41) is 3.53. The maximum atomic E-state index is 4.49. The summed E-state index contributed by atoms with van der Waals surface area (Å²) in [5.41, 5.74) is 1.63. The maximum absolute atomic E-state index is 4.49. The Morgan fingerprint density at radius 3 is 2.80 bits per heavy atom. The molecule has 0 amide bonds. The molecule has 1 aliphatic carbocycles. The van der Waals surface area contributed by atoms with Crippen molar-refractivity contribution >= 4 is 0 Å². The van der Waals surface area contributed by atoms with Crippen LogP contribution in [-0.4, -0.2) is 35.6 Å². The third-order valence-corrected chi connectivity index (χ3v) is 4.70. The Morgan fingerprint density at radius 1 is 1.40 bits per heavy atom. The third kappa shape index (κ3) is 3.80. The summed E-state index contributed by atoms with van der Waals surface area (Å²) in [6, 6.07) is 7.41. The zero-order chi connectivity index (χ0) is 14.6. The molecule has 0 spiro atoms. The van der Waals surface area contributed by atoms with Crippen LogP contribution in [0.25, 0.3) is 0 Å². The van der Waals surface area contributed by atoms with Gasteiger partial charge in [0.25, 0.3) is 0 Å². The Balaban J connectivity index is 2.11. The minimum Gasteiger partial charge on any atom is -0.315 e. The van der Waals surface area contributed by atoms with Crippen LogP contribution in [0.1, 0.15) is 45.7 Å². The monoisotopic (exact) mass is 275 g/mol. The van der Waals surface area contributed by atoms with Crippen LogP contribution in [0.5, 0.6) is 0 Å². The van der Waals surface area contributed by atoms with E-state index in [1.165, 1.54) is 25.0 Å². The van der Waals surface area contributed by atoms with Crippen molar-refractivity contribution in [3.63, 3.8) is 0 Å². The SMILES string of the molecule is CCN(Cc1ccccn1)C1CC(C)(C)CCC1NC. The molecule has 1 fully saturated rings. The van der Waals surface area contributed by atoms with Crippen molar-refractivity contribution in [2.45, 2.75) is 58.7 Å². The van der Waals surface area contributed by atoms with Gasteiger partial charge in [-0.25, -0.2) is 0 Å². The van der Waals surface area contributed by atoms with Crippen molar-refractivity contribution < 1.29 is 0 Å². The van der Waals surface area contributed by atoms with Crippen molar-refractivity contribution in [2.24, 2.45) is 5.41 Å². The predicted octanol–water partition coefficient (Wildman–Crippen LogP) is 3.07. The standard InChI is InChI=1S/C17H29N3/c1-5-20(13-14-8-6-7-11-19-14)16-12-17(2,3)10-9-15(16)18-4/h6-8,11,15-16,18H,5,9-10,12-13H2,1-4H3. The summed E-state index contributed by atoms with van der Waals surface area (Å²) in [7, 11) is 2.10. The van der Waals surface area contributed by atoms with E-state index in [1.807, 2.05) is 12.3 Å². The lowest BCUT2D eigenvalue weighted by molar-refractivity contribution is 0.0650. The second kappa shape index (κ2) is 6.68. The van der Waals surface area contributed by atoms with Crippen LogP contribution in [0.2, 0.25) is 0 Å². The van der Waals surface area contributed by atoms with Crippen LogP contribution in [0, 0.1) is 5.41 Å². The van der Waals surface area contributed by atoms with Crippen LogP contribution >= 0.6 is 0 Å². The molecule has 2 unspecified atom stereocenters. The maximum Gasteiger partial charge on any atom is 0.0544 e. The Kier molecular flexibility index (Phi) is 5.17. The van der Waals surface area contributed by atoms with E-state index in [0.29, 0.717) is 17.5 Å². The first-order valence-electron chi connectivity index (χ1n) is 7.87. The Morgan fingerprint density at radius 2 is 2.20 bits per heavy atom. The molecule has 0 aromatic carbocycles. The Labute approximate surface area is 123 Å². The molecule has 3 nitrogen and oxygen atoms in total. The van der Waals surface area contributed by atoms with Crippen molar-refractivity contribution in [3.05, 3.63) is 30.1 Å². The molecule has 0 saturated heterocycles. The first kappa shape index (κ1) is 15.5. The number of nitrogens with zero attached hydrogens (tertiary/aromatic N) is 2. The average molecular weight is 275 g/mol.